The van der Waals surface area contributed by atoms with Crippen molar-refractivity contribution in [2.45, 2.75) is 19.6 Å². The predicted octanol–water partition coefficient (Wildman–Crippen LogP) is 4.37. The third-order valence-corrected chi connectivity index (χ3v) is 3.69. The molecule has 1 aliphatic rings. The van der Waals surface area contributed by atoms with Gasteiger partial charge in [-0.25, -0.2) is 4.79 Å². The van der Waals surface area contributed by atoms with E-state index in [-0.39, 0.29) is 12.1 Å². The molecule has 1 atom stereocenters. The number of nitrogens with zero attached hydrogens (tertiary/aromatic N) is 1. The minimum atomic E-state index is -0.322. The van der Waals surface area contributed by atoms with Crippen LogP contribution in [0.5, 0.6) is 0 Å². The van der Waals surface area contributed by atoms with E-state index < -0.39 is 0 Å². The molecule has 3 nitrogen and oxygen atoms in total. The fourth-order valence-electron chi connectivity index (χ4n) is 2.50. The van der Waals surface area contributed by atoms with Crippen LogP contribution in [-0.4, -0.2) is 11.0 Å². The van der Waals surface area contributed by atoms with E-state index in [2.05, 4.69) is 6.07 Å². The molecular formula is C18H17NO2. The third kappa shape index (κ3) is 2.82. The normalized spacial score (nSPS) is 16.4. The molecule has 0 radical (unpaired) electrons. The van der Waals surface area contributed by atoms with Gasteiger partial charge in [-0.2, -0.15) is 0 Å². The zero-order valence-corrected chi connectivity index (χ0v) is 11.9. The van der Waals surface area contributed by atoms with Gasteiger partial charge >= 0.3 is 6.09 Å². The molecule has 2 aromatic rings. The van der Waals surface area contributed by atoms with Gasteiger partial charge in [0.1, 0.15) is 6.61 Å². The van der Waals surface area contributed by atoms with Crippen molar-refractivity contribution in [3.05, 3.63) is 77.5 Å². The number of ether oxygens (including phenoxy) is 1. The van der Waals surface area contributed by atoms with E-state index in [0.29, 0.717) is 6.61 Å². The van der Waals surface area contributed by atoms with Gasteiger partial charge in [-0.05, 0) is 29.7 Å². The quantitative estimate of drug-likeness (QED) is 0.817. The molecule has 0 spiro atoms. The van der Waals surface area contributed by atoms with Crippen molar-refractivity contribution in [2.24, 2.45) is 0 Å². The summed E-state index contributed by atoms with van der Waals surface area (Å²) in [6.07, 6.45) is 3.41. The zero-order valence-electron chi connectivity index (χ0n) is 11.9. The van der Waals surface area contributed by atoms with Crippen molar-refractivity contribution in [2.75, 3.05) is 0 Å². The molecule has 3 rings (SSSR count). The van der Waals surface area contributed by atoms with E-state index >= 15 is 0 Å². The largest absolute Gasteiger partial charge is 0.444 e. The van der Waals surface area contributed by atoms with Gasteiger partial charge in [0.25, 0.3) is 0 Å². The summed E-state index contributed by atoms with van der Waals surface area (Å²) < 4.78 is 5.39. The van der Waals surface area contributed by atoms with Crippen LogP contribution in [0.1, 0.15) is 29.7 Å². The van der Waals surface area contributed by atoms with Gasteiger partial charge in [-0.15, -0.1) is 0 Å². The van der Waals surface area contributed by atoms with Crippen LogP contribution in [-0.2, 0) is 11.3 Å². The molecule has 1 amide bonds. The fraction of sp³-hybridized carbons (Fsp3) is 0.167. The van der Waals surface area contributed by atoms with E-state index in [1.165, 1.54) is 0 Å². The Balaban J connectivity index is 1.69. The Morgan fingerprint density at radius 1 is 1.10 bits per heavy atom. The standard InChI is InChI=1S/C18H17NO2/c1-14-17-10-6-5-9-16(17)11-12-19(14)18(20)21-13-15-7-3-2-4-8-15/h2-12,14H,13H2,1H3/t14-/m0/s1. The van der Waals surface area contributed by atoms with Crippen LogP contribution < -0.4 is 0 Å². The predicted molar refractivity (Wildman–Crippen MR) is 82.4 cm³/mol. The highest BCUT2D eigenvalue weighted by molar-refractivity contribution is 5.73. The summed E-state index contributed by atoms with van der Waals surface area (Å²) in [7, 11) is 0. The van der Waals surface area contributed by atoms with Crippen molar-refractivity contribution < 1.29 is 9.53 Å². The molecule has 0 saturated carbocycles. The molecule has 1 heterocycles. The van der Waals surface area contributed by atoms with E-state index in [1.54, 1.807) is 11.1 Å². The average Bonchev–Trinajstić information content (AvgIpc) is 2.54. The summed E-state index contributed by atoms with van der Waals surface area (Å²) >= 11 is 0. The Kier molecular flexibility index (Phi) is 3.73. The first-order valence-electron chi connectivity index (χ1n) is 7.02. The van der Waals surface area contributed by atoms with Crippen molar-refractivity contribution in [3.63, 3.8) is 0 Å². The molecule has 1 aliphatic heterocycles. The van der Waals surface area contributed by atoms with Crippen LogP contribution >= 0.6 is 0 Å². The van der Waals surface area contributed by atoms with Gasteiger partial charge in [0.15, 0.2) is 0 Å². The molecular weight excluding hydrogens is 262 g/mol. The van der Waals surface area contributed by atoms with E-state index in [9.17, 15) is 4.79 Å². The summed E-state index contributed by atoms with van der Waals surface area (Å²) in [5.74, 6) is 0. The molecule has 21 heavy (non-hydrogen) atoms. The minimum Gasteiger partial charge on any atom is -0.444 e. The van der Waals surface area contributed by atoms with Crippen LogP contribution in [0.3, 0.4) is 0 Å². The second-order valence-corrected chi connectivity index (χ2v) is 5.07. The smallest absolute Gasteiger partial charge is 0.414 e. The Bertz CT molecular complexity index is 664. The highest BCUT2D eigenvalue weighted by atomic mass is 16.6. The van der Waals surface area contributed by atoms with Gasteiger partial charge in [0, 0.05) is 6.20 Å². The SMILES string of the molecule is C[C@H]1c2ccccc2C=CN1C(=O)OCc1ccccc1. The molecule has 0 aliphatic carbocycles. The number of hydrogen-bond acceptors (Lipinski definition) is 2. The summed E-state index contributed by atoms with van der Waals surface area (Å²) in [6.45, 7) is 2.30. The molecule has 0 saturated heterocycles. The number of rotatable bonds is 2. The maximum atomic E-state index is 12.2. The molecule has 0 N–H and O–H groups in total. The number of fused-ring (bicyclic) bond motifs is 1. The van der Waals surface area contributed by atoms with Gasteiger partial charge in [0.2, 0.25) is 0 Å². The monoisotopic (exact) mass is 279 g/mol. The first-order chi connectivity index (χ1) is 10.3. The number of carbonyl (C=O) groups is 1. The van der Waals surface area contributed by atoms with Crippen molar-refractivity contribution in [3.8, 4) is 0 Å². The Labute approximate surface area is 124 Å². The Hall–Kier alpha value is -2.55. The summed E-state index contributed by atoms with van der Waals surface area (Å²) in [4.78, 5) is 13.9. The maximum absolute atomic E-state index is 12.2. The topological polar surface area (TPSA) is 29.5 Å². The Morgan fingerprint density at radius 3 is 2.62 bits per heavy atom. The minimum absolute atomic E-state index is 0.0190. The molecule has 106 valence electrons. The average molecular weight is 279 g/mol. The maximum Gasteiger partial charge on any atom is 0.414 e. The molecule has 0 fully saturated rings. The van der Waals surface area contributed by atoms with Gasteiger partial charge in [-0.3, -0.25) is 4.90 Å². The number of amides is 1. The highest BCUT2D eigenvalue weighted by Gasteiger charge is 2.25. The molecule has 0 unspecified atom stereocenters. The molecule has 0 aromatic heterocycles. The van der Waals surface area contributed by atoms with Crippen LogP contribution in [0, 0.1) is 0 Å². The van der Waals surface area contributed by atoms with Gasteiger partial charge in [0.05, 0.1) is 6.04 Å². The van der Waals surface area contributed by atoms with Crippen LogP contribution in [0.25, 0.3) is 6.08 Å². The zero-order chi connectivity index (χ0) is 14.7. The first-order valence-corrected chi connectivity index (χ1v) is 7.02. The van der Waals surface area contributed by atoms with Gasteiger partial charge < -0.3 is 4.74 Å². The second kappa shape index (κ2) is 5.83. The molecule has 0 bridgehead atoms. The lowest BCUT2D eigenvalue weighted by molar-refractivity contribution is 0.100. The van der Waals surface area contributed by atoms with Crippen LogP contribution in [0.2, 0.25) is 0 Å². The Morgan fingerprint density at radius 2 is 1.81 bits per heavy atom. The lowest BCUT2D eigenvalue weighted by Crippen LogP contribution is -2.31. The summed E-state index contributed by atoms with van der Waals surface area (Å²) in [5.41, 5.74) is 3.27. The summed E-state index contributed by atoms with van der Waals surface area (Å²) in [6, 6.07) is 17.8. The van der Waals surface area contributed by atoms with E-state index in [1.807, 2.05) is 61.5 Å². The van der Waals surface area contributed by atoms with Crippen LogP contribution in [0.15, 0.2) is 60.8 Å². The molecule has 2 aromatic carbocycles. The van der Waals surface area contributed by atoms with E-state index in [4.69, 9.17) is 4.74 Å². The van der Waals surface area contributed by atoms with Crippen molar-refractivity contribution in [1.82, 2.24) is 4.90 Å². The lowest BCUT2D eigenvalue weighted by atomic mass is 9.98. The second-order valence-electron chi connectivity index (χ2n) is 5.07. The van der Waals surface area contributed by atoms with E-state index in [0.717, 1.165) is 16.7 Å². The highest BCUT2D eigenvalue weighted by Crippen LogP contribution is 2.30. The number of hydrogen-bond donors (Lipinski definition) is 0. The molecule has 3 heteroatoms. The third-order valence-electron chi connectivity index (χ3n) is 3.69. The van der Waals surface area contributed by atoms with Crippen molar-refractivity contribution >= 4 is 12.2 Å². The number of benzene rings is 2. The van der Waals surface area contributed by atoms with Crippen molar-refractivity contribution in [1.29, 1.82) is 0 Å². The van der Waals surface area contributed by atoms with Crippen LogP contribution in [0.4, 0.5) is 4.79 Å². The first kappa shape index (κ1) is 13.4. The lowest BCUT2D eigenvalue weighted by Gasteiger charge is -2.29. The number of carbonyl (C=O) groups excluding carboxylic acids is 1. The fourth-order valence-corrected chi connectivity index (χ4v) is 2.50. The summed E-state index contributed by atoms with van der Waals surface area (Å²) in [5, 5.41) is 0. The van der Waals surface area contributed by atoms with Gasteiger partial charge in [-0.1, -0.05) is 54.6 Å².